The number of halogens is 4. The minimum atomic E-state index is -2.63. The number of methoxy groups -OCH3 is 1. The predicted molar refractivity (Wildman–Crippen MR) is 75.2 cm³/mol. The first kappa shape index (κ1) is 19.9. The molecule has 0 spiro atoms. The van der Waals surface area contributed by atoms with Gasteiger partial charge in [-0.2, -0.15) is 12.2 Å². The third-order valence-electron chi connectivity index (χ3n) is 3.27. The number of rotatable bonds is 4. The SMILES string of the molecule is C=C1C(C)=C[C-]=C(c2cc(F)c(OC)c(F)c2)N1CC(F)F.[Y]. The number of hydrogen-bond acceptors (Lipinski definition) is 2. The molecule has 0 aromatic heterocycles. The summed E-state index contributed by atoms with van der Waals surface area (Å²) in [6, 6.07) is 2.04. The van der Waals surface area contributed by atoms with Crippen LogP contribution in [-0.4, -0.2) is 25.0 Å². The van der Waals surface area contributed by atoms with E-state index in [1.54, 1.807) is 13.0 Å². The summed E-state index contributed by atoms with van der Waals surface area (Å²) in [6.45, 7) is 4.79. The largest absolute Gasteiger partial charge is 0.491 e. The van der Waals surface area contributed by atoms with Crippen molar-refractivity contribution < 1.29 is 55.0 Å². The second-order valence-corrected chi connectivity index (χ2v) is 4.74. The number of benzene rings is 1. The number of allylic oxidation sites excluding steroid dienone is 3. The van der Waals surface area contributed by atoms with Crippen LogP contribution in [0.15, 0.2) is 36.1 Å². The Hall–Kier alpha value is -1.14. The van der Waals surface area contributed by atoms with Crippen LogP contribution in [0.3, 0.4) is 0 Å². The van der Waals surface area contributed by atoms with Crippen LogP contribution in [0.25, 0.3) is 5.70 Å². The summed E-state index contributed by atoms with van der Waals surface area (Å²) in [7, 11) is 1.14. The maximum Gasteiger partial charge on any atom is 0.256 e. The quantitative estimate of drug-likeness (QED) is 0.555. The molecular formula is C16H14F4NOY-. The van der Waals surface area contributed by atoms with E-state index >= 15 is 0 Å². The molecule has 121 valence electrons. The zero-order valence-electron chi connectivity index (χ0n) is 12.7. The van der Waals surface area contributed by atoms with E-state index in [1.165, 1.54) is 4.90 Å². The zero-order chi connectivity index (χ0) is 16.4. The average molecular weight is 401 g/mol. The standard InChI is InChI=1S/C16H14F4NO.Y/c1-9-4-5-14(21(10(9)2)8-15(19)20)11-6-12(17)16(22-3)13(18)7-11;/h4,6-7,15H,2,8H2,1,3H3;/q-1;. The van der Waals surface area contributed by atoms with Crippen LogP contribution in [-0.2, 0) is 32.7 Å². The van der Waals surface area contributed by atoms with Crippen molar-refractivity contribution in [3.05, 3.63) is 59.3 Å². The van der Waals surface area contributed by atoms with Gasteiger partial charge in [-0.15, -0.1) is 5.57 Å². The van der Waals surface area contributed by atoms with E-state index in [2.05, 4.69) is 17.4 Å². The first-order valence-corrected chi connectivity index (χ1v) is 6.43. The summed E-state index contributed by atoms with van der Waals surface area (Å²) in [6.07, 6.45) is 1.68. The summed E-state index contributed by atoms with van der Waals surface area (Å²) in [4.78, 5) is 1.20. The Morgan fingerprint density at radius 2 is 1.83 bits per heavy atom. The molecular weight excluding hydrogens is 387 g/mol. The zero-order valence-corrected chi connectivity index (χ0v) is 15.5. The van der Waals surface area contributed by atoms with E-state index in [-0.39, 0.29) is 44.0 Å². The smallest absolute Gasteiger partial charge is 0.256 e. The van der Waals surface area contributed by atoms with Gasteiger partial charge in [-0.25, -0.2) is 17.6 Å². The Balaban J connectivity index is 0.00000264. The first-order valence-electron chi connectivity index (χ1n) is 6.43. The molecule has 0 saturated carbocycles. The van der Waals surface area contributed by atoms with Gasteiger partial charge in [-0.05, 0) is 5.70 Å². The molecule has 0 saturated heterocycles. The molecule has 2 rings (SSSR count). The van der Waals surface area contributed by atoms with Gasteiger partial charge in [0, 0.05) is 32.7 Å². The van der Waals surface area contributed by atoms with Crippen LogP contribution in [0, 0.1) is 17.7 Å². The third-order valence-corrected chi connectivity index (χ3v) is 3.27. The summed E-state index contributed by atoms with van der Waals surface area (Å²) in [5.74, 6) is -2.35. The Kier molecular flexibility index (Phi) is 7.02. The van der Waals surface area contributed by atoms with Gasteiger partial charge < -0.3 is 9.64 Å². The van der Waals surface area contributed by atoms with Crippen molar-refractivity contribution in [3.63, 3.8) is 0 Å². The fourth-order valence-corrected chi connectivity index (χ4v) is 2.16. The Morgan fingerprint density at radius 3 is 2.30 bits per heavy atom. The second kappa shape index (κ2) is 8.11. The van der Waals surface area contributed by atoms with Crippen LogP contribution < -0.4 is 4.74 Å². The van der Waals surface area contributed by atoms with E-state index in [0.717, 1.165) is 19.2 Å². The Labute approximate surface area is 157 Å². The number of ether oxygens (including phenoxy) is 1. The van der Waals surface area contributed by atoms with Crippen LogP contribution in [0.4, 0.5) is 17.6 Å². The molecule has 0 bridgehead atoms. The van der Waals surface area contributed by atoms with E-state index in [4.69, 9.17) is 0 Å². The van der Waals surface area contributed by atoms with Crippen molar-refractivity contribution in [2.24, 2.45) is 0 Å². The number of hydrogen-bond donors (Lipinski definition) is 0. The van der Waals surface area contributed by atoms with Crippen LogP contribution in [0.2, 0.25) is 0 Å². The molecule has 0 atom stereocenters. The molecule has 23 heavy (non-hydrogen) atoms. The molecule has 1 aliphatic rings. The van der Waals surface area contributed by atoms with Crippen molar-refractivity contribution in [2.45, 2.75) is 13.3 Å². The fraction of sp³-hybridized carbons (Fsp3) is 0.250. The van der Waals surface area contributed by atoms with Gasteiger partial charge in [0.1, 0.15) is 0 Å². The average Bonchev–Trinajstić information content (AvgIpc) is 2.43. The topological polar surface area (TPSA) is 12.5 Å². The van der Waals surface area contributed by atoms with Crippen LogP contribution in [0.1, 0.15) is 12.5 Å². The van der Waals surface area contributed by atoms with E-state index in [9.17, 15) is 17.6 Å². The van der Waals surface area contributed by atoms with E-state index in [1.807, 2.05) is 0 Å². The molecule has 0 amide bonds. The van der Waals surface area contributed by atoms with Gasteiger partial charge in [-0.3, -0.25) is 0 Å². The molecule has 7 heteroatoms. The minimum Gasteiger partial charge on any atom is -0.491 e. The van der Waals surface area contributed by atoms with Gasteiger partial charge in [-0.1, -0.05) is 36.9 Å². The maximum atomic E-state index is 13.8. The summed E-state index contributed by atoms with van der Waals surface area (Å²) in [5.41, 5.74) is 1.21. The van der Waals surface area contributed by atoms with Crippen molar-refractivity contribution in [3.8, 4) is 5.75 Å². The molecule has 1 aliphatic heterocycles. The molecule has 1 aromatic carbocycles. The van der Waals surface area contributed by atoms with Crippen LogP contribution >= 0.6 is 0 Å². The van der Waals surface area contributed by atoms with Gasteiger partial charge in [0.2, 0.25) is 0 Å². The third kappa shape index (κ3) is 4.24. The number of alkyl halides is 2. The minimum absolute atomic E-state index is 0. The monoisotopic (exact) mass is 401 g/mol. The molecule has 0 unspecified atom stereocenters. The maximum absolute atomic E-state index is 13.8. The van der Waals surface area contributed by atoms with Crippen molar-refractivity contribution >= 4 is 5.70 Å². The van der Waals surface area contributed by atoms with Crippen molar-refractivity contribution in [1.82, 2.24) is 4.90 Å². The molecule has 0 N–H and O–H groups in total. The Morgan fingerprint density at radius 1 is 1.26 bits per heavy atom. The molecule has 0 fully saturated rings. The Bertz CT molecular complexity index is 647. The van der Waals surface area contributed by atoms with Gasteiger partial charge in [0.05, 0.1) is 13.7 Å². The molecule has 1 radical (unpaired) electrons. The molecule has 2 nitrogen and oxygen atoms in total. The normalized spacial score (nSPS) is 14.4. The summed E-state index contributed by atoms with van der Waals surface area (Å²) in [5, 5.41) is 0. The van der Waals surface area contributed by atoms with E-state index in [0.29, 0.717) is 11.3 Å². The van der Waals surface area contributed by atoms with E-state index < -0.39 is 30.4 Å². The molecule has 1 heterocycles. The second-order valence-electron chi connectivity index (χ2n) is 4.74. The van der Waals surface area contributed by atoms with Gasteiger partial charge >= 0.3 is 0 Å². The number of nitrogens with zero attached hydrogens (tertiary/aromatic N) is 1. The van der Waals surface area contributed by atoms with Gasteiger partial charge in [0.25, 0.3) is 6.43 Å². The van der Waals surface area contributed by atoms with Crippen molar-refractivity contribution in [2.75, 3.05) is 13.7 Å². The summed E-state index contributed by atoms with van der Waals surface area (Å²) < 4.78 is 57.8. The van der Waals surface area contributed by atoms with Crippen LogP contribution in [0.5, 0.6) is 5.75 Å². The predicted octanol–water partition coefficient (Wildman–Crippen LogP) is 4.16. The first-order chi connectivity index (χ1) is 10.3. The fourth-order valence-electron chi connectivity index (χ4n) is 2.16. The molecule has 0 aliphatic carbocycles. The van der Waals surface area contributed by atoms with Crippen molar-refractivity contribution in [1.29, 1.82) is 0 Å². The molecule has 1 aromatic rings. The summed E-state index contributed by atoms with van der Waals surface area (Å²) >= 11 is 0. The van der Waals surface area contributed by atoms with Gasteiger partial charge in [0.15, 0.2) is 17.4 Å².